The van der Waals surface area contributed by atoms with Crippen molar-refractivity contribution >= 4 is 5.78 Å². The van der Waals surface area contributed by atoms with E-state index in [1.807, 2.05) is 11.9 Å². The monoisotopic (exact) mass is 223 g/mol. The summed E-state index contributed by atoms with van der Waals surface area (Å²) >= 11 is 0. The van der Waals surface area contributed by atoms with E-state index in [4.69, 9.17) is 9.52 Å². The van der Waals surface area contributed by atoms with Crippen LogP contribution in [-0.4, -0.2) is 42.0 Å². The fraction of sp³-hybridized carbons (Fsp3) is 0.583. The van der Waals surface area contributed by atoms with Gasteiger partial charge in [-0.15, -0.1) is 0 Å². The molecule has 4 heteroatoms. The maximum absolute atomic E-state index is 11.7. The average molecular weight is 223 g/mol. The number of hydrogen-bond acceptors (Lipinski definition) is 4. The van der Waals surface area contributed by atoms with Crippen LogP contribution in [0.5, 0.6) is 0 Å². The molecule has 1 N–H and O–H groups in total. The Balaban J connectivity index is 1.75. The molecule has 16 heavy (non-hydrogen) atoms. The van der Waals surface area contributed by atoms with Crippen molar-refractivity contribution in [3.63, 3.8) is 0 Å². The van der Waals surface area contributed by atoms with Crippen LogP contribution in [0.4, 0.5) is 0 Å². The van der Waals surface area contributed by atoms with Crippen LogP contribution in [0.25, 0.3) is 0 Å². The van der Waals surface area contributed by atoms with Crippen LogP contribution in [0.15, 0.2) is 22.8 Å². The first kappa shape index (κ1) is 11.4. The highest BCUT2D eigenvalue weighted by Gasteiger charge is 2.28. The first-order chi connectivity index (χ1) is 7.65. The van der Waals surface area contributed by atoms with E-state index < -0.39 is 0 Å². The van der Waals surface area contributed by atoms with E-state index >= 15 is 0 Å². The van der Waals surface area contributed by atoms with Crippen LogP contribution in [0.1, 0.15) is 23.4 Å². The van der Waals surface area contributed by atoms with E-state index in [-0.39, 0.29) is 11.9 Å². The fourth-order valence-corrected chi connectivity index (χ4v) is 2.12. The van der Waals surface area contributed by atoms with E-state index in [0.29, 0.717) is 18.2 Å². The lowest BCUT2D eigenvalue weighted by molar-refractivity contribution is 0.0284. The highest BCUT2D eigenvalue weighted by Crippen LogP contribution is 2.27. The normalized spacial score (nSPS) is 24.4. The Hall–Kier alpha value is -1.13. The Morgan fingerprint density at radius 2 is 2.38 bits per heavy atom. The zero-order valence-electron chi connectivity index (χ0n) is 9.43. The Labute approximate surface area is 94.9 Å². The third kappa shape index (κ3) is 2.71. The summed E-state index contributed by atoms with van der Waals surface area (Å²) < 4.78 is 5.04. The first-order valence-electron chi connectivity index (χ1n) is 5.58. The van der Waals surface area contributed by atoms with Gasteiger partial charge in [-0.2, -0.15) is 0 Å². The minimum Gasteiger partial charge on any atom is -0.461 e. The van der Waals surface area contributed by atoms with E-state index in [2.05, 4.69) is 0 Å². The molecule has 2 rings (SSSR count). The van der Waals surface area contributed by atoms with Gasteiger partial charge in [-0.05, 0) is 37.9 Å². The average Bonchev–Trinajstić information content (AvgIpc) is 2.67. The minimum absolute atomic E-state index is 0.00683. The van der Waals surface area contributed by atoms with Crippen LogP contribution in [0.2, 0.25) is 0 Å². The summed E-state index contributed by atoms with van der Waals surface area (Å²) in [5.74, 6) is 0.956. The number of ketones is 1. The molecule has 88 valence electrons. The van der Waals surface area contributed by atoms with Gasteiger partial charge < -0.3 is 9.52 Å². The van der Waals surface area contributed by atoms with Crippen molar-refractivity contribution in [3.05, 3.63) is 24.2 Å². The second-order valence-corrected chi connectivity index (χ2v) is 4.59. The maximum Gasteiger partial charge on any atom is 0.211 e. The molecular weight excluding hydrogens is 206 g/mol. The number of carbonyl (C=O) groups is 1. The van der Waals surface area contributed by atoms with Crippen LogP contribution in [-0.2, 0) is 0 Å². The molecule has 1 fully saturated rings. The van der Waals surface area contributed by atoms with Crippen LogP contribution in [0, 0.1) is 5.92 Å². The molecule has 0 aliphatic heterocycles. The molecule has 1 saturated carbocycles. The number of likely N-dealkylation sites (N-methyl/N-ethyl adjacent to an activating group) is 1. The standard InChI is InChI=1S/C12H17NO3/c1-13(7-9-5-10(14)6-9)8-11(15)12-3-2-4-16-12/h2-4,9-10,14H,5-8H2,1H3. The van der Waals surface area contributed by atoms with Gasteiger partial charge in [0.15, 0.2) is 5.76 Å². The van der Waals surface area contributed by atoms with Crippen LogP contribution < -0.4 is 0 Å². The summed E-state index contributed by atoms with van der Waals surface area (Å²) in [7, 11) is 1.92. The van der Waals surface area contributed by atoms with Gasteiger partial charge in [0.2, 0.25) is 5.78 Å². The number of nitrogens with zero attached hydrogens (tertiary/aromatic N) is 1. The summed E-state index contributed by atoms with van der Waals surface area (Å²) in [5, 5.41) is 9.16. The molecule has 1 aliphatic carbocycles. The van der Waals surface area contributed by atoms with Crippen molar-refractivity contribution in [2.75, 3.05) is 20.1 Å². The molecular formula is C12H17NO3. The third-order valence-electron chi connectivity index (χ3n) is 2.99. The molecule has 0 amide bonds. The van der Waals surface area contributed by atoms with E-state index in [1.165, 1.54) is 6.26 Å². The summed E-state index contributed by atoms with van der Waals surface area (Å²) in [6.45, 7) is 1.24. The van der Waals surface area contributed by atoms with Gasteiger partial charge in [-0.1, -0.05) is 0 Å². The van der Waals surface area contributed by atoms with Gasteiger partial charge in [-0.25, -0.2) is 0 Å². The van der Waals surface area contributed by atoms with Gasteiger partial charge >= 0.3 is 0 Å². The summed E-state index contributed by atoms with van der Waals surface area (Å²) in [5.41, 5.74) is 0. The summed E-state index contributed by atoms with van der Waals surface area (Å²) in [4.78, 5) is 13.7. The highest BCUT2D eigenvalue weighted by molar-refractivity contribution is 5.94. The lowest BCUT2D eigenvalue weighted by Gasteiger charge is -2.34. The Bertz CT molecular complexity index is 341. The number of aliphatic hydroxyl groups excluding tert-OH is 1. The number of hydrogen-bond donors (Lipinski definition) is 1. The summed E-state index contributed by atoms with van der Waals surface area (Å²) in [6.07, 6.45) is 3.10. The highest BCUT2D eigenvalue weighted by atomic mass is 16.3. The molecule has 1 aromatic heterocycles. The smallest absolute Gasteiger partial charge is 0.211 e. The Morgan fingerprint density at radius 1 is 1.62 bits per heavy atom. The number of Topliss-reactive ketones (excluding diaryl/α,β-unsaturated/α-hetero) is 1. The Morgan fingerprint density at radius 3 is 2.94 bits per heavy atom. The summed E-state index contributed by atoms with van der Waals surface area (Å²) in [6, 6.07) is 3.40. The fourth-order valence-electron chi connectivity index (χ4n) is 2.12. The zero-order valence-corrected chi connectivity index (χ0v) is 9.43. The van der Waals surface area contributed by atoms with Gasteiger partial charge in [0.25, 0.3) is 0 Å². The maximum atomic E-state index is 11.7. The van der Waals surface area contributed by atoms with E-state index in [9.17, 15) is 4.79 Å². The Kier molecular flexibility index (Phi) is 3.41. The topological polar surface area (TPSA) is 53.7 Å². The predicted octanol–water partition coefficient (Wildman–Crippen LogP) is 1.16. The van der Waals surface area contributed by atoms with Crippen molar-refractivity contribution in [1.29, 1.82) is 0 Å². The molecule has 0 saturated heterocycles. The quantitative estimate of drug-likeness (QED) is 0.761. The molecule has 0 radical (unpaired) electrons. The molecule has 1 heterocycles. The van der Waals surface area contributed by atoms with Crippen LogP contribution in [0.3, 0.4) is 0 Å². The zero-order chi connectivity index (χ0) is 11.5. The van der Waals surface area contributed by atoms with Gasteiger partial charge in [0.1, 0.15) is 0 Å². The van der Waals surface area contributed by atoms with Crippen molar-refractivity contribution in [2.45, 2.75) is 18.9 Å². The number of carbonyl (C=O) groups excluding carboxylic acids is 1. The molecule has 1 aromatic rings. The van der Waals surface area contributed by atoms with Gasteiger partial charge in [-0.3, -0.25) is 9.69 Å². The first-order valence-corrected chi connectivity index (χ1v) is 5.58. The van der Waals surface area contributed by atoms with Crippen molar-refractivity contribution < 1.29 is 14.3 Å². The molecule has 0 spiro atoms. The van der Waals surface area contributed by atoms with Gasteiger partial charge in [0.05, 0.1) is 18.9 Å². The van der Waals surface area contributed by atoms with Crippen molar-refractivity contribution in [1.82, 2.24) is 4.90 Å². The molecule has 1 aliphatic rings. The number of aliphatic hydroxyl groups is 1. The van der Waals surface area contributed by atoms with E-state index in [0.717, 1.165) is 19.4 Å². The third-order valence-corrected chi connectivity index (χ3v) is 2.99. The molecule has 0 bridgehead atoms. The predicted molar refractivity (Wildman–Crippen MR) is 59.3 cm³/mol. The molecule has 0 aromatic carbocycles. The second kappa shape index (κ2) is 4.80. The molecule has 0 atom stereocenters. The molecule has 0 unspecified atom stereocenters. The van der Waals surface area contributed by atoms with E-state index in [1.54, 1.807) is 12.1 Å². The van der Waals surface area contributed by atoms with Crippen molar-refractivity contribution in [2.24, 2.45) is 5.92 Å². The lowest BCUT2D eigenvalue weighted by atomic mass is 9.82. The van der Waals surface area contributed by atoms with Gasteiger partial charge in [0, 0.05) is 6.54 Å². The minimum atomic E-state index is -0.126. The SMILES string of the molecule is CN(CC(=O)c1ccco1)CC1CC(O)C1. The van der Waals surface area contributed by atoms with Crippen LogP contribution >= 0.6 is 0 Å². The molecule has 4 nitrogen and oxygen atoms in total. The number of rotatable bonds is 5. The largest absolute Gasteiger partial charge is 0.461 e. The second-order valence-electron chi connectivity index (χ2n) is 4.59. The number of furan rings is 1. The van der Waals surface area contributed by atoms with Crippen molar-refractivity contribution in [3.8, 4) is 0 Å². The lowest BCUT2D eigenvalue weighted by Crippen LogP contribution is -2.38.